The fraction of sp³-hybridized carbons (Fsp3) is 0.923. The first-order valence-corrected chi connectivity index (χ1v) is 6.78. The molecule has 1 aliphatic heterocycles. The number of carbonyl (C=O) groups excluding carboxylic acids is 1. The number of carbonyl (C=O) groups is 1. The predicted octanol–water partition coefficient (Wildman–Crippen LogP) is 0.666. The average Bonchev–Trinajstić information content (AvgIpc) is 2.75. The summed E-state index contributed by atoms with van der Waals surface area (Å²) in [5.74, 6) is 0.516. The Morgan fingerprint density at radius 3 is 2.41 bits per heavy atom. The molecular weight excluding hydrogens is 214 g/mol. The van der Waals surface area contributed by atoms with Crippen LogP contribution in [0.25, 0.3) is 0 Å². The SMILES string of the molecule is CN1CCC(N(C)C(=O)C2CCC(N)C2)CC1. The molecule has 4 heteroatoms. The number of piperidine rings is 1. The van der Waals surface area contributed by atoms with Crippen LogP contribution >= 0.6 is 0 Å². The summed E-state index contributed by atoms with van der Waals surface area (Å²) in [5.41, 5.74) is 5.88. The summed E-state index contributed by atoms with van der Waals surface area (Å²) in [6.45, 7) is 2.21. The molecule has 2 unspecified atom stereocenters. The third-order valence-corrected chi connectivity index (χ3v) is 4.41. The molecule has 2 rings (SSSR count). The van der Waals surface area contributed by atoms with E-state index in [1.54, 1.807) is 0 Å². The highest BCUT2D eigenvalue weighted by molar-refractivity contribution is 5.79. The van der Waals surface area contributed by atoms with Crippen LogP contribution in [0.1, 0.15) is 32.1 Å². The van der Waals surface area contributed by atoms with Crippen LogP contribution in [-0.4, -0.2) is 55.0 Å². The van der Waals surface area contributed by atoms with Crippen molar-refractivity contribution >= 4 is 5.91 Å². The van der Waals surface area contributed by atoms with Crippen molar-refractivity contribution in [1.29, 1.82) is 0 Å². The minimum atomic E-state index is 0.189. The lowest BCUT2D eigenvalue weighted by atomic mass is 10.0. The first kappa shape index (κ1) is 12.8. The summed E-state index contributed by atoms with van der Waals surface area (Å²) >= 11 is 0. The van der Waals surface area contributed by atoms with E-state index in [0.717, 1.165) is 45.2 Å². The van der Waals surface area contributed by atoms with E-state index >= 15 is 0 Å². The predicted molar refractivity (Wildman–Crippen MR) is 68.6 cm³/mol. The van der Waals surface area contributed by atoms with Crippen LogP contribution in [0, 0.1) is 5.92 Å². The molecule has 2 aliphatic rings. The number of nitrogens with two attached hydrogens (primary N) is 1. The zero-order chi connectivity index (χ0) is 12.4. The highest BCUT2D eigenvalue weighted by atomic mass is 16.2. The first-order chi connectivity index (χ1) is 8.08. The van der Waals surface area contributed by atoms with Gasteiger partial charge in [0.25, 0.3) is 0 Å². The highest BCUT2D eigenvalue weighted by Crippen LogP contribution is 2.27. The molecule has 4 nitrogen and oxygen atoms in total. The summed E-state index contributed by atoms with van der Waals surface area (Å²) in [7, 11) is 4.12. The maximum absolute atomic E-state index is 12.3. The van der Waals surface area contributed by atoms with Crippen molar-refractivity contribution in [2.75, 3.05) is 27.2 Å². The number of amides is 1. The van der Waals surface area contributed by atoms with E-state index in [4.69, 9.17) is 5.73 Å². The van der Waals surface area contributed by atoms with Gasteiger partial charge >= 0.3 is 0 Å². The lowest BCUT2D eigenvalue weighted by molar-refractivity contribution is -0.137. The van der Waals surface area contributed by atoms with Gasteiger partial charge < -0.3 is 15.5 Å². The largest absolute Gasteiger partial charge is 0.342 e. The van der Waals surface area contributed by atoms with Crippen LogP contribution in [0.2, 0.25) is 0 Å². The first-order valence-electron chi connectivity index (χ1n) is 6.78. The monoisotopic (exact) mass is 239 g/mol. The molecular formula is C13H25N3O. The minimum Gasteiger partial charge on any atom is -0.342 e. The van der Waals surface area contributed by atoms with Crippen LogP contribution in [0.4, 0.5) is 0 Å². The maximum atomic E-state index is 12.3. The molecule has 0 radical (unpaired) electrons. The number of likely N-dealkylation sites (tertiary alicyclic amines) is 1. The molecule has 0 spiro atoms. The van der Waals surface area contributed by atoms with Crippen LogP contribution in [0.3, 0.4) is 0 Å². The lowest BCUT2D eigenvalue weighted by Gasteiger charge is -2.36. The van der Waals surface area contributed by atoms with Gasteiger partial charge in [-0.3, -0.25) is 4.79 Å². The second-order valence-corrected chi connectivity index (χ2v) is 5.75. The maximum Gasteiger partial charge on any atom is 0.225 e. The van der Waals surface area contributed by atoms with E-state index < -0.39 is 0 Å². The topological polar surface area (TPSA) is 49.6 Å². The molecule has 0 aromatic carbocycles. The summed E-state index contributed by atoms with van der Waals surface area (Å²) in [5, 5.41) is 0. The Labute approximate surface area is 104 Å². The third-order valence-electron chi connectivity index (χ3n) is 4.41. The van der Waals surface area contributed by atoms with E-state index in [1.165, 1.54) is 0 Å². The standard InChI is InChI=1S/C13H25N3O/c1-15-7-5-12(6-8-15)16(2)13(17)10-3-4-11(14)9-10/h10-12H,3-9,14H2,1-2H3. The molecule has 2 N–H and O–H groups in total. The van der Waals surface area contributed by atoms with E-state index in [2.05, 4.69) is 11.9 Å². The van der Waals surface area contributed by atoms with E-state index in [1.807, 2.05) is 11.9 Å². The minimum absolute atomic E-state index is 0.189. The van der Waals surface area contributed by atoms with Crippen LogP contribution in [0.5, 0.6) is 0 Å². The van der Waals surface area contributed by atoms with Gasteiger partial charge in [-0.2, -0.15) is 0 Å². The zero-order valence-corrected chi connectivity index (χ0v) is 11.1. The number of nitrogens with zero attached hydrogens (tertiary/aromatic N) is 2. The fourth-order valence-corrected chi connectivity index (χ4v) is 3.09. The highest BCUT2D eigenvalue weighted by Gasteiger charge is 2.32. The Hall–Kier alpha value is -0.610. The summed E-state index contributed by atoms with van der Waals surface area (Å²) in [6, 6.07) is 0.686. The molecule has 98 valence electrons. The average molecular weight is 239 g/mol. The Morgan fingerprint density at radius 2 is 1.88 bits per heavy atom. The van der Waals surface area contributed by atoms with Gasteiger partial charge in [0, 0.05) is 25.0 Å². The van der Waals surface area contributed by atoms with Gasteiger partial charge in [-0.1, -0.05) is 0 Å². The molecule has 2 atom stereocenters. The van der Waals surface area contributed by atoms with Gasteiger partial charge in [-0.05, 0) is 52.2 Å². The summed E-state index contributed by atoms with van der Waals surface area (Å²) < 4.78 is 0. The molecule has 1 aliphatic carbocycles. The van der Waals surface area contributed by atoms with Crippen molar-refractivity contribution in [3.63, 3.8) is 0 Å². The van der Waals surface area contributed by atoms with Crippen LogP contribution in [0.15, 0.2) is 0 Å². The fourth-order valence-electron chi connectivity index (χ4n) is 3.09. The quantitative estimate of drug-likeness (QED) is 0.770. The molecule has 17 heavy (non-hydrogen) atoms. The van der Waals surface area contributed by atoms with E-state index in [9.17, 15) is 4.79 Å². The van der Waals surface area contributed by atoms with Gasteiger partial charge in [0.05, 0.1) is 0 Å². The van der Waals surface area contributed by atoms with Crippen molar-refractivity contribution in [2.24, 2.45) is 11.7 Å². The van der Waals surface area contributed by atoms with Gasteiger partial charge in [-0.15, -0.1) is 0 Å². The van der Waals surface area contributed by atoms with Crippen LogP contribution < -0.4 is 5.73 Å². The van der Waals surface area contributed by atoms with Gasteiger partial charge in [0.15, 0.2) is 0 Å². The van der Waals surface area contributed by atoms with E-state index in [0.29, 0.717) is 11.9 Å². The molecule has 1 saturated carbocycles. The Morgan fingerprint density at radius 1 is 1.24 bits per heavy atom. The van der Waals surface area contributed by atoms with Crippen molar-refractivity contribution in [2.45, 2.75) is 44.2 Å². The molecule has 1 saturated heterocycles. The van der Waals surface area contributed by atoms with Crippen molar-refractivity contribution in [1.82, 2.24) is 9.80 Å². The van der Waals surface area contributed by atoms with Crippen molar-refractivity contribution < 1.29 is 4.79 Å². The zero-order valence-electron chi connectivity index (χ0n) is 11.1. The molecule has 1 amide bonds. The van der Waals surface area contributed by atoms with Gasteiger partial charge in [0.2, 0.25) is 5.91 Å². The molecule has 0 aromatic rings. The molecule has 1 heterocycles. The van der Waals surface area contributed by atoms with Gasteiger partial charge in [0.1, 0.15) is 0 Å². The second-order valence-electron chi connectivity index (χ2n) is 5.75. The molecule has 2 fully saturated rings. The van der Waals surface area contributed by atoms with Gasteiger partial charge in [-0.25, -0.2) is 0 Å². The number of hydrogen-bond donors (Lipinski definition) is 1. The Kier molecular flexibility index (Phi) is 4.05. The number of rotatable bonds is 2. The normalized spacial score (nSPS) is 31.7. The van der Waals surface area contributed by atoms with Crippen molar-refractivity contribution in [3.8, 4) is 0 Å². The van der Waals surface area contributed by atoms with Crippen molar-refractivity contribution in [3.05, 3.63) is 0 Å². The van der Waals surface area contributed by atoms with Crippen LogP contribution in [-0.2, 0) is 4.79 Å². The lowest BCUT2D eigenvalue weighted by Crippen LogP contribution is -2.46. The number of hydrogen-bond acceptors (Lipinski definition) is 3. The second kappa shape index (κ2) is 5.36. The summed E-state index contributed by atoms with van der Waals surface area (Å²) in [6.07, 6.45) is 5.10. The summed E-state index contributed by atoms with van der Waals surface area (Å²) in [4.78, 5) is 16.7. The Bertz CT molecular complexity index is 274. The Balaban J connectivity index is 1.86. The third kappa shape index (κ3) is 2.99. The van der Waals surface area contributed by atoms with E-state index in [-0.39, 0.29) is 12.0 Å². The smallest absolute Gasteiger partial charge is 0.225 e. The molecule has 0 bridgehead atoms. The molecule has 0 aromatic heterocycles.